The molecule has 4 nitrogen and oxygen atoms in total. The Morgan fingerprint density at radius 2 is 1.89 bits per heavy atom. The smallest absolute Gasteiger partial charge is 0.224 e. The van der Waals surface area contributed by atoms with Crippen LogP contribution in [0.5, 0.6) is 0 Å². The van der Waals surface area contributed by atoms with Gasteiger partial charge < -0.3 is 5.32 Å². The molecule has 3 aromatic rings. The Morgan fingerprint density at radius 3 is 2.64 bits per heavy atom. The summed E-state index contributed by atoms with van der Waals surface area (Å²) >= 11 is 0. The molecule has 4 heteroatoms. The molecule has 1 aliphatic rings. The molecule has 0 saturated heterocycles. The van der Waals surface area contributed by atoms with Crippen molar-refractivity contribution < 1.29 is 4.79 Å². The van der Waals surface area contributed by atoms with Gasteiger partial charge in [-0.2, -0.15) is 5.10 Å². The third kappa shape index (κ3) is 3.72. The van der Waals surface area contributed by atoms with E-state index in [-0.39, 0.29) is 11.9 Å². The molecule has 0 aliphatic heterocycles. The van der Waals surface area contributed by atoms with Gasteiger partial charge in [0.2, 0.25) is 5.91 Å². The van der Waals surface area contributed by atoms with Gasteiger partial charge in [0.15, 0.2) is 0 Å². The summed E-state index contributed by atoms with van der Waals surface area (Å²) in [6, 6.07) is 14.6. The lowest BCUT2D eigenvalue weighted by atomic mass is 9.92. The fourth-order valence-electron chi connectivity index (χ4n) is 4.23. The zero-order chi connectivity index (χ0) is 19.7. The second-order valence-corrected chi connectivity index (χ2v) is 7.92. The van der Waals surface area contributed by atoms with Gasteiger partial charge in [0.1, 0.15) is 0 Å². The van der Waals surface area contributed by atoms with Gasteiger partial charge in [-0.1, -0.05) is 30.3 Å². The van der Waals surface area contributed by atoms with Gasteiger partial charge >= 0.3 is 0 Å². The highest BCUT2D eigenvalue weighted by Gasteiger charge is 2.26. The van der Waals surface area contributed by atoms with Gasteiger partial charge in [-0.3, -0.25) is 4.79 Å². The van der Waals surface area contributed by atoms with Crippen LogP contribution in [0, 0.1) is 20.8 Å². The molecule has 0 unspecified atom stereocenters. The highest BCUT2D eigenvalue weighted by Crippen LogP contribution is 2.31. The minimum atomic E-state index is 0.0416. The molecule has 28 heavy (non-hydrogen) atoms. The van der Waals surface area contributed by atoms with Crippen molar-refractivity contribution in [1.29, 1.82) is 0 Å². The van der Waals surface area contributed by atoms with E-state index in [2.05, 4.69) is 60.1 Å². The minimum absolute atomic E-state index is 0.0416. The maximum absolute atomic E-state index is 12.7. The lowest BCUT2D eigenvalue weighted by Crippen LogP contribution is -2.32. The average molecular weight is 374 g/mol. The number of nitrogens with one attached hydrogen (secondary N) is 1. The van der Waals surface area contributed by atoms with Crippen LogP contribution in [0.1, 0.15) is 52.4 Å². The van der Waals surface area contributed by atoms with E-state index in [4.69, 9.17) is 0 Å². The zero-order valence-corrected chi connectivity index (χ0v) is 16.8. The molecular formula is C24H27N3O. The number of amides is 1. The van der Waals surface area contributed by atoms with Crippen molar-refractivity contribution in [3.8, 4) is 5.69 Å². The second kappa shape index (κ2) is 7.63. The number of aromatic nitrogens is 2. The number of fused-ring (bicyclic) bond motifs is 1. The lowest BCUT2D eigenvalue weighted by Gasteiger charge is -2.24. The predicted octanol–water partition coefficient (Wildman–Crippen LogP) is 4.53. The van der Waals surface area contributed by atoms with Crippen molar-refractivity contribution in [2.24, 2.45) is 0 Å². The number of benzene rings is 2. The first kappa shape index (κ1) is 18.5. The maximum atomic E-state index is 12.7. The molecular weight excluding hydrogens is 346 g/mol. The standard InChI is InChI=1S/C24H27N3O/c1-16-11-17(2)13-20(12-16)27-23-10-6-9-22(21(23)15-25-27)26-24(28)14-19-8-5-4-7-18(19)3/h4-5,7-8,11-13,15,22H,6,9-10,14H2,1-3H3,(H,26,28)/t22-/m0/s1. The van der Waals surface area contributed by atoms with Crippen LogP contribution >= 0.6 is 0 Å². The van der Waals surface area contributed by atoms with Gasteiger partial charge in [0, 0.05) is 11.3 Å². The third-order valence-corrected chi connectivity index (χ3v) is 5.58. The molecule has 1 aromatic heterocycles. The van der Waals surface area contributed by atoms with Gasteiger partial charge in [-0.05, 0) is 74.4 Å². The van der Waals surface area contributed by atoms with Crippen molar-refractivity contribution >= 4 is 5.91 Å². The van der Waals surface area contributed by atoms with Crippen molar-refractivity contribution in [3.63, 3.8) is 0 Å². The Hall–Kier alpha value is -2.88. The SMILES string of the molecule is Cc1cc(C)cc(-n2ncc3c2CCC[C@@H]3NC(=O)Cc2ccccc2C)c1. The Morgan fingerprint density at radius 1 is 1.14 bits per heavy atom. The van der Waals surface area contributed by atoms with Crippen molar-refractivity contribution in [1.82, 2.24) is 15.1 Å². The molecule has 2 aromatic carbocycles. The maximum Gasteiger partial charge on any atom is 0.224 e. The Bertz CT molecular complexity index is 998. The molecule has 4 rings (SSSR count). The lowest BCUT2D eigenvalue weighted by molar-refractivity contribution is -0.121. The van der Waals surface area contributed by atoms with Gasteiger partial charge in [0.25, 0.3) is 0 Å². The fourth-order valence-corrected chi connectivity index (χ4v) is 4.23. The second-order valence-electron chi connectivity index (χ2n) is 7.92. The highest BCUT2D eigenvalue weighted by atomic mass is 16.1. The van der Waals surface area contributed by atoms with Crippen LogP contribution in [-0.2, 0) is 17.6 Å². The van der Waals surface area contributed by atoms with E-state index in [1.807, 2.05) is 24.4 Å². The van der Waals surface area contributed by atoms with Gasteiger partial charge in [0.05, 0.1) is 24.3 Å². The predicted molar refractivity (Wildman–Crippen MR) is 112 cm³/mol. The molecule has 0 bridgehead atoms. The first-order chi connectivity index (χ1) is 13.5. The summed E-state index contributed by atoms with van der Waals surface area (Å²) in [6.07, 6.45) is 5.37. The summed E-state index contributed by atoms with van der Waals surface area (Å²) in [6.45, 7) is 6.28. The molecule has 0 saturated carbocycles. The Labute approximate surface area is 166 Å². The van der Waals surface area contributed by atoms with Crippen molar-refractivity contribution in [3.05, 3.63) is 82.2 Å². The monoisotopic (exact) mass is 373 g/mol. The van der Waals surface area contributed by atoms with Crippen LogP contribution < -0.4 is 5.32 Å². The summed E-state index contributed by atoms with van der Waals surface area (Å²) in [4.78, 5) is 12.7. The number of hydrogen-bond acceptors (Lipinski definition) is 2. The van der Waals surface area contributed by atoms with Crippen LogP contribution in [-0.4, -0.2) is 15.7 Å². The Balaban J connectivity index is 1.56. The first-order valence-electron chi connectivity index (χ1n) is 10.0. The summed E-state index contributed by atoms with van der Waals surface area (Å²) in [5, 5.41) is 7.92. The van der Waals surface area contributed by atoms with E-state index in [0.717, 1.165) is 41.6 Å². The summed E-state index contributed by atoms with van der Waals surface area (Å²) in [5.41, 5.74) is 8.19. The zero-order valence-electron chi connectivity index (χ0n) is 16.8. The topological polar surface area (TPSA) is 46.9 Å². The fraction of sp³-hybridized carbons (Fsp3) is 0.333. The van der Waals surface area contributed by atoms with Crippen LogP contribution in [0.25, 0.3) is 5.69 Å². The number of hydrogen-bond donors (Lipinski definition) is 1. The number of nitrogens with zero attached hydrogens (tertiary/aromatic N) is 2. The van der Waals surface area contributed by atoms with E-state index < -0.39 is 0 Å². The van der Waals surface area contributed by atoms with Crippen LogP contribution in [0.3, 0.4) is 0 Å². The molecule has 0 spiro atoms. The van der Waals surface area contributed by atoms with E-state index in [1.54, 1.807) is 0 Å². The van der Waals surface area contributed by atoms with E-state index >= 15 is 0 Å². The summed E-state index contributed by atoms with van der Waals surface area (Å²) in [5.74, 6) is 0.0753. The molecule has 144 valence electrons. The average Bonchev–Trinajstić information content (AvgIpc) is 3.08. The van der Waals surface area contributed by atoms with E-state index in [1.165, 1.54) is 16.8 Å². The third-order valence-electron chi connectivity index (χ3n) is 5.58. The van der Waals surface area contributed by atoms with Gasteiger partial charge in [-0.15, -0.1) is 0 Å². The molecule has 1 amide bonds. The molecule has 0 radical (unpaired) electrons. The van der Waals surface area contributed by atoms with Crippen LogP contribution in [0.15, 0.2) is 48.7 Å². The normalized spacial score (nSPS) is 15.9. The first-order valence-corrected chi connectivity index (χ1v) is 10.0. The summed E-state index contributed by atoms with van der Waals surface area (Å²) < 4.78 is 2.05. The summed E-state index contributed by atoms with van der Waals surface area (Å²) in [7, 11) is 0. The molecule has 1 atom stereocenters. The quantitative estimate of drug-likeness (QED) is 0.730. The molecule has 0 fully saturated rings. The van der Waals surface area contributed by atoms with Crippen LogP contribution in [0.2, 0.25) is 0 Å². The molecule has 1 aliphatic carbocycles. The highest BCUT2D eigenvalue weighted by molar-refractivity contribution is 5.79. The number of carbonyl (C=O) groups is 1. The number of carbonyl (C=O) groups excluding carboxylic acids is 1. The van der Waals surface area contributed by atoms with Crippen molar-refractivity contribution in [2.45, 2.75) is 52.5 Å². The largest absolute Gasteiger partial charge is 0.349 e. The van der Waals surface area contributed by atoms with Gasteiger partial charge in [-0.25, -0.2) is 4.68 Å². The number of rotatable bonds is 4. The molecule has 1 heterocycles. The Kier molecular flexibility index (Phi) is 5.03. The minimum Gasteiger partial charge on any atom is -0.349 e. The van der Waals surface area contributed by atoms with Crippen LogP contribution in [0.4, 0.5) is 0 Å². The molecule has 1 N–H and O–H groups in total. The van der Waals surface area contributed by atoms with Crippen molar-refractivity contribution in [2.75, 3.05) is 0 Å². The number of aryl methyl sites for hydroxylation is 3. The van der Waals surface area contributed by atoms with E-state index in [9.17, 15) is 4.79 Å². The van der Waals surface area contributed by atoms with E-state index in [0.29, 0.717) is 6.42 Å².